The molecular formula is C21H22F3N7O. The van der Waals surface area contributed by atoms with Gasteiger partial charge in [0.05, 0.1) is 17.9 Å². The Morgan fingerprint density at radius 3 is 2.72 bits per heavy atom. The van der Waals surface area contributed by atoms with Crippen molar-refractivity contribution in [3.63, 3.8) is 0 Å². The molecule has 1 aliphatic rings. The van der Waals surface area contributed by atoms with Crippen LogP contribution in [0.1, 0.15) is 18.9 Å². The number of allylic oxidation sites excluding steroid dienone is 1. The lowest BCUT2D eigenvalue weighted by Crippen LogP contribution is -2.44. The molecule has 8 nitrogen and oxygen atoms in total. The number of hydrogen-bond acceptors (Lipinski definition) is 7. The zero-order valence-electron chi connectivity index (χ0n) is 17.2. The van der Waals surface area contributed by atoms with E-state index in [1.807, 2.05) is 4.90 Å². The molecule has 0 aromatic carbocycles. The summed E-state index contributed by atoms with van der Waals surface area (Å²) in [6.07, 6.45) is 0.460. The number of aliphatic hydroxyl groups is 1. The summed E-state index contributed by atoms with van der Waals surface area (Å²) >= 11 is 0. The SMILES string of the molecule is C/C(N)=C(/C=N)[C@@H]1C[C@@H](O)CN(c2ccnc(-c3cnc4ccc(C(F)(F)F)cn34)n2)C1. The Morgan fingerprint density at radius 1 is 1.25 bits per heavy atom. The molecule has 0 bridgehead atoms. The summed E-state index contributed by atoms with van der Waals surface area (Å²) in [5, 5.41) is 18.0. The van der Waals surface area contributed by atoms with Crippen molar-refractivity contribution < 1.29 is 18.3 Å². The number of β-amino-alcohol motifs (C(OH)–C–C–N with tert-alkyl or cyclic N) is 1. The molecule has 11 heteroatoms. The van der Waals surface area contributed by atoms with Gasteiger partial charge in [-0.2, -0.15) is 13.2 Å². The van der Waals surface area contributed by atoms with Crippen LogP contribution in [0.4, 0.5) is 19.0 Å². The second-order valence-electron chi connectivity index (χ2n) is 7.80. The van der Waals surface area contributed by atoms with Crippen molar-refractivity contribution in [1.29, 1.82) is 5.41 Å². The van der Waals surface area contributed by atoms with Gasteiger partial charge in [0.25, 0.3) is 0 Å². The quantitative estimate of drug-likeness (QED) is 0.532. The average molecular weight is 445 g/mol. The summed E-state index contributed by atoms with van der Waals surface area (Å²) in [6.45, 7) is 2.53. The van der Waals surface area contributed by atoms with E-state index >= 15 is 0 Å². The number of nitrogens with one attached hydrogen (secondary N) is 1. The number of nitrogens with zero attached hydrogens (tertiary/aromatic N) is 5. The Balaban J connectivity index is 1.70. The number of aromatic nitrogens is 4. The zero-order chi connectivity index (χ0) is 23.0. The Morgan fingerprint density at radius 2 is 2.03 bits per heavy atom. The van der Waals surface area contributed by atoms with Gasteiger partial charge in [-0.1, -0.05) is 0 Å². The number of halogens is 3. The van der Waals surface area contributed by atoms with Crippen molar-refractivity contribution in [2.75, 3.05) is 18.0 Å². The lowest BCUT2D eigenvalue weighted by atomic mass is 9.88. The first kappa shape index (κ1) is 21.8. The first-order valence-electron chi connectivity index (χ1n) is 9.95. The van der Waals surface area contributed by atoms with Crippen LogP contribution in [0.25, 0.3) is 17.2 Å². The number of anilines is 1. The molecule has 0 aliphatic carbocycles. The first-order chi connectivity index (χ1) is 15.2. The number of hydrogen-bond donors (Lipinski definition) is 3. The number of fused-ring (bicyclic) bond motifs is 1. The third-order valence-corrected chi connectivity index (χ3v) is 5.51. The number of rotatable bonds is 4. The summed E-state index contributed by atoms with van der Waals surface area (Å²) < 4.78 is 40.8. The molecule has 1 saturated heterocycles. The van der Waals surface area contributed by atoms with Gasteiger partial charge in [0.1, 0.15) is 17.2 Å². The van der Waals surface area contributed by atoms with Gasteiger partial charge in [0, 0.05) is 43.3 Å². The van der Waals surface area contributed by atoms with Gasteiger partial charge in [-0.05, 0) is 37.1 Å². The number of imidazole rings is 1. The lowest BCUT2D eigenvalue weighted by molar-refractivity contribution is -0.137. The summed E-state index contributed by atoms with van der Waals surface area (Å²) in [4.78, 5) is 14.8. The van der Waals surface area contributed by atoms with Crippen LogP contribution in [0, 0.1) is 11.3 Å². The maximum Gasteiger partial charge on any atom is 0.417 e. The fraction of sp³-hybridized carbons (Fsp3) is 0.333. The fourth-order valence-corrected chi connectivity index (χ4v) is 4.00. The maximum absolute atomic E-state index is 13.2. The predicted octanol–water partition coefficient (Wildman–Crippen LogP) is 2.88. The van der Waals surface area contributed by atoms with E-state index in [2.05, 4.69) is 15.0 Å². The van der Waals surface area contributed by atoms with E-state index in [0.29, 0.717) is 47.9 Å². The third kappa shape index (κ3) is 4.15. The van der Waals surface area contributed by atoms with E-state index in [1.165, 1.54) is 29.1 Å². The van der Waals surface area contributed by atoms with Crippen LogP contribution in [0.3, 0.4) is 0 Å². The standard InChI is InChI=1S/C21H22F3N7O/c1-12(26)16(7-25)13-6-15(32)11-30(9-13)19-4-5-27-20(29-19)17-8-28-18-3-2-14(10-31(17)18)21(22,23)24/h2-5,7-8,10,13,15,25,32H,6,9,11,26H2,1H3/b16-12+,25-7?/t13-,15-/m1/s1. The maximum atomic E-state index is 13.2. The average Bonchev–Trinajstić information content (AvgIpc) is 3.16. The Labute approximate surface area is 181 Å². The van der Waals surface area contributed by atoms with Gasteiger partial charge < -0.3 is 21.1 Å². The number of alkyl halides is 3. The van der Waals surface area contributed by atoms with Crippen molar-refractivity contribution in [3.8, 4) is 11.5 Å². The highest BCUT2D eigenvalue weighted by Crippen LogP contribution is 2.31. The van der Waals surface area contributed by atoms with Crippen molar-refractivity contribution in [2.24, 2.45) is 11.7 Å². The number of nitrogens with two attached hydrogens (primary N) is 1. The molecule has 2 atom stereocenters. The first-order valence-corrected chi connectivity index (χ1v) is 9.95. The molecule has 4 rings (SSSR count). The Bertz CT molecular complexity index is 1180. The van der Waals surface area contributed by atoms with Crippen molar-refractivity contribution in [2.45, 2.75) is 25.6 Å². The molecule has 32 heavy (non-hydrogen) atoms. The van der Waals surface area contributed by atoms with Crippen molar-refractivity contribution in [1.82, 2.24) is 19.4 Å². The number of piperidine rings is 1. The van der Waals surface area contributed by atoms with E-state index in [9.17, 15) is 18.3 Å². The van der Waals surface area contributed by atoms with E-state index in [0.717, 1.165) is 12.3 Å². The van der Waals surface area contributed by atoms with Crippen molar-refractivity contribution in [3.05, 3.63) is 53.6 Å². The predicted molar refractivity (Wildman–Crippen MR) is 113 cm³/mol. The van der Waals surface area contributed by atoms with E-state index in [4.69, 9.17) is 11.1 Å². The molecule has 4 N–H and O–H groups in total. The molecule has 0 saturated carbocycles. The minimum atomic E-state index is -4.49. The smallest absolute Gasteiger partial charge is 0.402 e. The summed E-state index contributed by atoms with van der Waals surface area (Å²) in [5.41, 5.74) is 6.94. The van der Waals surface area contributed by atoms with Gasteiger partial charge in [-0.25, -0.2) is 15.0 Å². The molecule has 4 heterocycles. The minimum absolute atomic E-state index is 0.148. The number of aliphatic hydroxyl groups excluding tert-OH is 1. The van der Waals surface area contributed by atoms with Gasteiger partial charge in [0.15, 0.2) is 5.82 Å². The molecule has 3 aromatic rings. The molecule has 3 aromatic heterocycles. The normalized spacial score (nSPS) is 20.3. The van der Waals surface area contributed by atoms with Crippen LogP contribution in [-0.4, -0.2) is 49.9 Å². The molecule has 1 fully saturated rings. The van der Waals surface area contributed by atoms with Gasteiger partial charge in [-0.15, -0.1) is 0 Å². The highest BCUT2D eigenvalue weighted by Gasteiger charge is 2.32. The van der Waals surface area contributed by atoms with Crippen LogP contribution in [0.5, 0.6) is 0 Å². The van der Waals surface area contributed by atoms with E-state index in [1.54, 1.807) is 13.0 Å². The third-order valence-electron chi connectivity index (χ3n) is 5.51. The van der Waals surface area contributed by atoms with Crippen LogP contribution >= 0.6 is 0 Å². The monoisotopic (exact) mass is 445 g/mol. The van der Waals surface area contributed by atoms with Crippen molar-refractivity contribution >= 4 is 17.7 Å². The van der Waals surface area contributed by atoms with Gasteiger partial charge in [0.2, 0.25) is 0 Å². The lowest BCUT2D eigenvalue weighted by Gasteiger charge is -2.37. The molecule has 0 spiro atoms. The van der Waals surface area contributed by atoms with Gasteiger partial charge in [-0.3, -0.25) is 4.40 Å². The van der Waals surface area contributed by atoms with Crippen LogP contribution < -0.4 is 10.6 Å². The summed E-state index contributed by atoms with van der Waals surface area (Å²) in [5.74, 6) is 0.577. The zero-order valence-corrected chi connectivity index (χ0v) is 17.2. The second kappa shape index (κ2) is 8.23. The Hall–Kier alpha value is -3.47. The minimum Gasteiger partial charge on any atom is -0.402 e. The molecular weight excluding hydrogens is 423 g/mol. The molecule has 168 valence electrons. The molecule has 0 radical (unpaired) electrons. The van der Waals surface area contributed by atoms with Gasteiger partial charge >= 0.3 is 6.18 Å². The summed E-state index contributed by atoms with van der Waals surface area (Å²) in [6, 6.07) is 3.95. The molecule has 0 unspecified atom stereocenters. The highest BCUT2D eigenvalue weighted by molar-refractivity contribution is 5.77. The Kier molecular flexibility index (Phi) is 5.59. The number of pyridine rings is 1. The fourth-order valence-electron chi connectivity index (χ4n) is 4.00. The highest BCUT2D eigenvalue weighted by atomic mass is 19.4. The van der Waals surface area contributed by atoms with E-state index in [-0.39, 0.29) is 11.7 Å². The van der Waals surface area contributed by atoms with Crippen LogP contribution in [0.2, 0.25) is 0 Å². The molecule has 0 amide bonds. The van der Waals surface area contributed by atoms with E-state index < -0.39 is 17.8 Å². The van der Waals surface area contributed by atoms with Crippen LogP contribution in [-0.2, 0) is 6.18 Å². The molecule has 1 aliphatic heterocycles. The largest absolute Gasteiger partial charge is 0.417 e. The van der Waals surface area contributed by atoms with Crippen LogP contribution in [0.15, 0.2) is 48.1 Å². The second-order valence-corrected chi connectivity index (χ2v) is 7.80. The topological polar surface area (TPSA) is 116 Å². The summed E-state index contributed by atoms with van der Waals surface area (Å²) in [7, 11) is 0.